The highest BCUT2D eigenvalue weighted by atomic mass is 35.5. The number of nitrogens with one attached hydrogen (secondary N) is 1. The molecule has 19 heavy (non-hydrogen) atoms. The Morgan fingerprint density at radius 2 is 2.00 bits per heavy atom. The molecule has 4 nitrogen and oxygen atoms in total. The second-order valence-electron chi connectivity index (χ2n) is 5.32. The van der Waals surface area contributed by atoms with E-state index in [9.17, 15) is 8.42 Å². The van der Waals surface area contributed by atoms with Gasteiger partial charge in [-0.25, -0.2) is 18.1 Å². The van der Waals surface area contributed by atoms with Crippen LogP contribution in [-0.2, 0) is 10.0 Å². The summed E-state index contributed by atoms with van der Waals surface area (Å²) in [6.45, 7) is 4.44. The summed E-state index contributed by atoms with van der Waals surface area (Å²) < 4.78 is 27.6. The lowest BCUT2D eigenvalue weighted by molar-refractivity contribution is 0.290. The van der Waals surface area contributed by atoms with Gasteiger partial charge in [0.2, 0.25) is 0 Å². The van der Waals surface area contributed by atoms with Crippen LogP contribution in [0.1, 0.15) is 38.3 Å². The van der Waals surface area contributed by atoms with Crippen LogP contribution in [0.2, 0.25) is 4.47 Å². The molecule has 0 aliphatic heterocycles. The quantitative estimate of drug-likeness (QED) is 0.926. The smallest absolute Gasteiger partial charge is 0.229 e. The Morgan fingerprint density at radius 1 is 1.37 bits per heavy atom. The van der Waals surface area contributed by atoms with E-state index in [0.717, 1.165) is 30.1 Å². The van der Waals surface area contributed by atoms with Crippen LogP contribution >= 0.6 is 22.9 Å². The van der Waals surface area contributed by atoms with Crippen LogP contribution in [0.25, 0.3) is 0 Å². The van der Waals surface area contributed by atoms with Gasteiger partial charge in [0.25, 0.3) is 10.0 Å². The molecule has 0 unspecified atom stereocenters. The van der Waals surface area contributed by atoms with Crippen LogP contribution in [0.4, 0.5) is 0 Å². The fraction of sp³-hybridized carbons (Fsp3) is 0.750. The first-order chi connectivity index (χ1) is 8.88. The van der Waals surface area contributed by atoms with Crippen molar-refractivity contribution in [1.82, 2.24) is 9.71 Å². The zero-order chi connectivity index (χ0) is 14.0. The van der Waals surface area contributed by atoms with Gasteiger partial charge < -0.3 is 0 Å². The van der Waals surface area contributed by atoms with Gasteiger partial charge in [0, 0.05) is 6.54 Å². The largest absolute Gasteiger partial charge is 0.251 e. The van der Waals surface area contributed by atoms with E-state index in [-0.39, 0.29) is 8.68 Å². The molecule has 1 fully saturated rings. The molecule has 1 saturated carbocycles. The van der Waals surface area contributed by atoms with Crippen LogP contribution in [0, 0.1) is 18.8 Å². The molecule has 1 aromatic rings. The third-order valence-electron chi connectivity index (χ3n) is 3.67. The summed E-state index contributed by atoms with van der Waals surface area (Å²) in [6.07, 6.45) is 4.59. The summed E-state index contributed by atoms with van der Waals surface area (Å²) in [6, 6.07) is 0. The number of halogens is 1. The molecule has 0 atom stereocenters. The first-order valence-corrected chi connectivity index (χ1v) is 9.19. The summed E-state index contributed by atoms with van der Waals surface area (Å²) in [5.41, 5.74) is 0.472. The lowest BCUT2D eigenvalue weighted by Gasteiger charge is -2.26. The summed E-state index contributed by atoms with van der Waals surface area (Å²) in [5.74, 6) is 1.23. The number of hydrogen-bond donors (Lipinski definition) is 1. The molecular formula is C12H19ClN2O2S2. The monoisotopic (exact) mass is 322 g/mol. The highest BCUT2D eigenvalue weighted by Crippen LogP contribution is 2.29. The van der Waals surface area contributed by atoms with Crippen LogP contribution in [0.15, 0.2) is 4.21 Å². The van der Waals surface area contributed by atoms with Gasteiger partial charge in [-0.3, -0.25) is 0 Å². The molecule has 0 amide bonds. The topological polar surface area (TPSA) is 59.1 Å². The minimum absolute atomic E-state index is 0.238. The number of nitrogens with zero attached hydrogens (tertiary/aromatic N) is 1. The summed E-state index contributed by atoms with van der Waals surface area (Å²) in [4.78, 5) is 3.95. The average molecular weight is 323 g/mol. The standard InChI is InChI=1S/C12H19ClN2O2S2/c1-8-3-5-10(6-4-8)7-14-19(16,17)11-9(2)15-12(13)18-11/h8,10,14H,3-7H2,1-2H3. The molecular weight excluding hydrogens is 304 g/mol. The highest BCUT2D eigenvalue weighted by molar-refractivity contribution is 7.91. The Kier molecular flexibility index (Phi) is 4.87. The maximum Gasteiger partial charge on any atom is 0.251 e. The van der Waals surface area contributed by atoms with Crippen molar-refractivity contribution in [3.05, 3.63) is 10.2 Å². The van der Waals surface area contributed by atoms with E-state index >= 15 is 0 Å². The lowest BCUT2D eigenvalue weighted by Crippen LogP contribution is -2.31. The summed E-state index contributed by atoms with van der Waals surface area (Å²) >= 11 is 6.76. The van der Waals surface area contributed by atoms with Gasteiger partial charge in [-0.1, -0.05) is 42.7 Å². The van der Waals surface area contributed by atoms with E-state index < -0.39 is 10.0 Å². The molecule has 108 valence electrons. The zero-order valence-electron chi connectivity index (χ0n) is 11.1. The molecule has 0 radical (unpaired) electrons. The second-order valence-corrected chi connectivity index (χ2v) is 8.86. The van der Waals surface area contributed by atoms with E-state index in [4.69, 9.17) is 11.6 Å². The van der Waals surface area contributed by atoms with Crippen molar-refractivity contribution in [1.29, 1.82) is 0 Å². The highest BCUT2D eigenvalue weighted by Gasteiger charge is 2.24. The molecule has 1 heterocycles. The maximum absolute atomic E-state index is 12.2. The SMILES string of the molecule is Cc1nc(Cl)sc1S(=O)(=O)NCC1CCC(C)CC1. The number of aryl methyl sites for hydroxylation is 1. The molecule has 7 heteroatoms. The van der Waals surface area contributed by atoms with E-state index in [2.05, 4.69) is 16.6 Å². The lowest BCUT2D eigenvalue weighted by atomic mass is 9.83. The van der Waals surface area contributed by atoms with Crippen molar-refractivity contribution >= 4 is 33.0 Å². The van der Waals surface area contributed by atoms with Gasteiger partial charge in [-0.15, -0.1) is 0 Å². The zero-order valence-corrected chi connectivity index (χ0v) is 13.5. The fourth-order valence-corrected chi connectivity index (χ4v) is 5.32. The minimum atomic E-state index is -3.46. The number of rotatable bonds is 4. The molecule has 0 bridgehead atoms. The van der Waals surface area contributed by atoms with Crippen LogP contribution in [-0.4, -0.2) is 19.9 Å². The third kappa shape index (κ3) is 3.90. The summed E-state index contributed by atoms with van der Waals surface area (Å²) in [5, 5.41) is 0. The Labute approximate surface area is 123 Å². The molecule has 1 aromatic heterocycles. The van der Waals surface area contributed by atoms with Gasteiger partial charge in [0.15, 0.2) is 8.68 Å². The first kappa shape index (κ1) is 15.2. The van der Waals surface area contributed by atoms with Crippen molar-refractivity contribution in [2.45, 2.75) is 43.7 Å². The molecule has 2 rings (SSSR count). The minimum Gasteiger partial charge on any atom is -0.229 e. The van der Waals surface area contributed by atoms with Crippen molar-refractivity contribution in [2.75, 3.05) is 6.54 Å². The third-order valence-corrected chi connectivity index (χ3v) is 6.96. The summed E-state index contributed by atoms with van der Waals surface area (Å²) in [7, 11) is -3.46. The number of sulfonamides is 1. The Balaban J connectivity index is 1.96. The van der Waals surface area contributed by atoms with E-state index in [1.165, 1.54) is 12.8 Å². The molecule has 1 aliphatic carbocycles. The van der Waals surface area contributed by atoms with Crippen molar-refractivity contribution in [3.63, 3.8) is 0 Å². The maximum atomic E-state index is 12.2. The molecule has 0 spiro atoms. The van der Waals surface area contributed by atoms with Gasteiger partial charge in [0.05, 0.1) is 5.69 Å². The van der Waals surface area contributed by atoms with Gasteiger partial charge in [-0.2, -0.15) is 0 Å². The number of hydrogen-bond acceptors (Lipinski definition) is 4. The van der Waals surface area contributed by atoms with E-state index in [0.29, 0.717) is 18.2 Å². The van der Waals surface area contributed by atoms with Crippen LogP contribution < -0.4 is 4.72 Å². The number of aromatic nitrogens is 1. The van der Waals surface area contributed by atoms with Crippen molar-refractivity contribution < 1.29 is 8.42 Å². The van der Waals surface area contributed by atoms with Crippen LogP contribution in [0.5, 0.6) is 0 Å². The number of thiazole rings is 1. The van der Waals surface area contributed by atoms with Crippen LogP contribution in [0.3, 0.4) is 0 Å². The predicted molar refractivity (Wildman–Crippen MR) is 78.2 cm³/mol. The van der Waals surface area contributed by atoms with Crippen molar-refractivity contribution in [3.8, 4) is 0 Å². The Bertz CT molecular complexity index is 534. The first-order valence-electron chi connectivity index (χ1n) is 6.51. The van der Waals surface area contributed by atoms with E-state index in [1.807, 2.05) is 0 Å². The Morgan fingerprint density at radius 3 is 2.53 bits per heavy atom. The van der Waals surface area contributed by atoms with Gasteiger partial charge in [0.1, 0.15) is 0 Å². The predicted octanol–water partition coefficient (Wildman–Crippen LogP) is 3.21. The molecule has 1 N–H and O–H groups in total. The van der Waals surface area contributed by atoms with Gasteiger partial charge in [-0.05, 0) is 31.6 Å². The normalized spacial score (nSPS) is 24.6. The molecule has 0 saturated heterocycles. The fourth-order valence-electron chi connectivity index (χ4n) is 2.43. The Hall–Kier alpha value is -0.170. The van der Waals surface area contributed by atoms with E-state index in [1.54, 1.807) is 6.92 Å². The van der Waals surface area contributed by atoms with Gasteiger partial charge >= 0.3 is 0 Å². The van der Waals surface area contributed by atoms with Crippen molar-refractivity contribution in [2.24, 2.45) is 11.8 Å². The molecule has 0 aromatic carbocycles. The molecule has 1 aliphatic rings. The average Bonchev–Trinajstić information content (AvgIpc) is 2.69. The second kappa shape index (κ2) is 6.08.